The first-order valence-corrected chi connectivity index (χ1v) is 6.25. The Kier molecular flexibility index (Phi) is 5.41. The van der Waals surface area contributed by atoms with Crippen LogP contribution in [-0.2, 0) is 9.59 Å². The van der Waals surface area contributed by atoms with Crippen LogP contribution < -0.4 is 10.6 Å². The van der Waals surface area contributed by atoms with Crippen LogP contribution in [0.1, 0.15) is 26.2 Å². The molecule has 1 heterocycles. The van der Waals surface area contributed by atoms with Crippen molar-refractivity contribution in [2.45, 2.75) is 32.2 Å². The van der Waals surface area contributed by atoms with Crippen molar-refractivity contribution in [3.63, 3.8) is 0 Å². The molecule has 0 radical (unpaired) electrons. The molecule has 0 saturated carbocycles. The molecule has 98 valence electrons. The van der Waals surface area contributed by atoms with Gasteiger partial charge in [0, 0.05) is 14.1 Å². The summed E-state index contributed by atoms with van der Waals surface area (Å²) in [5.74, 6) is 0.483. The van der Waals surface area contributed by atoms with Gasteiger partial charge in [-0.15, -0.1) is 0 Å². The molecular formula is C12H23N3O2. The van der Waals surface area contributed by atoms with Crippen LogP contribution >= 0.6 is 0 Å². The minimum absolute atomic E-state index is 0.0571. The molecule has 2 atom stereocenters. The third-order valence-electron chi connectivity index (χ3n) is 3.32. The lowest BCUT2D eigenvalue weighted by Crippen LogP contribution is -2.50. The zero-order valence-electron chi connectivity index (χ0n) is 11.0. The van der Waals surface area contributed by atoms with Gasteiger partial charge in [0.25, 0.3) is 0 Å². The number of rotatable bonds is 4. The second kappa shape index (κ2) is 6.59. The molecule has 0 bridgehead atoms. The standard InChI is InChI=1S/C12H23N3O2/c1-4-9-5-6-13-10(7-9)12(17)14-8-11(16)15(2)3/h9-10,13H,4-8H2,1-3H3,(H,14,17). The molecule has 1 rings (SSSR count). The summed E-state index contributed by atoms with van der Waals surface area (Å²) >= 11 is 0. The van der Waals surface area contributed by atoms with E-state index in [2.05, 4.69) is 17.6 Å². The lowest BCUT2D eigenvalue weighted by molar-refractivity contribution is -0.131. The van der Waals surface area contributed by atoms with E-state index in [1.165, 1.54) is 4.90 Å². The first-order valence-electron chi connectivity index (χ1n) is 6.25. The van der Waals surface area contributed by atoms with Crippen molar-refractivity contribution in [3.05, 3.63) is 0 Å². The van der Waals surface area contributed by atoms with E-state index in [0.717, 1.165) is 25.8 Å². The quantitative estimate of drug-likeness (QED) is 0.726. The van der Waals surface area contributed by atoms with Crippen LogP contribution in [0.2, 0.25) is 0 Å². The van der Waals surface area contributed by atoms with Crippen molar-refractivity contribution in [3.8, 4) is 0 Å². The van der Waals surface area contributed by atoms with Crippen molar-refractivity contribution in [2.75, 3.05) is 27.2 Å². The van der Waals surface area contributed by atoms with Crippen LogP contribution in [0.15, 0.2) is 0 Å². The Morgan fingerprint density at radius 2 is 2.12 bits per heavy atom. The topological polar surface area (TPSA) is 61.4 Å². The van der Waals surface area contributed by atoms with Crippen molar-refractivity contribution < 1.29 is 9.59 Å². The Hall–Kier alpha value is -1.10. The van der Waals surface area contributed by atoms with Gasteiger partial charge in [-0.05, 0) is 25.3 Å². The fraction of sp³-hybridized carbons (Fsp3) is 0.833. The van der Waals surface area contributed by atoms with Gasteiger partial charge in [0.05, 0.1) is 12.6 Å². The molecule has 0 aromatic heterocycles. The first kappa shape index (κ1) is 14.0. The van der Waals surface area contributed by atoms with E-state index in [1.54, 1.807) is 14.1 Å². The molecule has 1 aliphatic rings. The van der Waals surface area contributed by atoms with Crippen LogP contribution in [0.4, 0.5) is 0 Å². The molecule has 1 fully saturated rings. The molecule has 2 amide bonds. The van der Waals surface area contributed by atoms with Gasteiger partial charge < -0.3 is 15.5 Å². The minimum atomic E-state index is -0.135. The minimum Gasteiger partial charge on any atom is -0.347 e. The predicted molar refractivity (Wildman–Crippen MR) is 66.5 cm³/mol. The van der Waals surface area contributed by atoms with Gasteiger partial charge in [0.15, 0.2) is 0 Å². The summed E-state index contributed by atoms with van der Waals surface area (Å²) in [6, 6.07) is -0.135. The number of amides is 2. The number of likely N-dealkylation sites (N-methyl/N-ethyl adjacent to an activating group) is 1. The van der Waals surface area contributed by atoms with E-state index in [1.807, 2.05) is 0 Å². The molecule has 0 aromatic carbocycles. The largest absolute Gasteiger partial charge is 0.347 e. The highest BCUT2D eigenvalue weighted by molar-refractivity contribution is 5.87. The van der Waals surface area contributed by atoms with Gasteiger partial charge in [-0.2, -0.15) is 0 Å². The highest BCUT2D eigenvalue weighted by Crippen LogP contribution is 2.19. The molecule has 0 aromatic rings. The highest BCUT2D eigenvalue weighted by Gasteiger charge is 2.25. The Morgan fingerprint density at radius 3 is 2.71 bits per heavy atom. The highest BCUT2D eigenvalue weighted by atomic mass is 16.2. The smallest absolute Gasteiger partial charge is 0.241 e. The summed E-state index contributed by atoms with van der Waals surface area (Å²) < 4.78 is 0. The average Bonchev–Trinajstić information content (AvgIpc) is 2.35. The van der Waals surface area contributed by atoms with E-state index in [9.17, 15) is 9.59 Å². The van der Waals surface area contributed by atoms with Crippen molar-refractivity contribution in [1.29, 1.82) is 0 Å². The second-order valence-electron chi connectivity index (χ2n) is 4.81. The van der Waals surface area contributed by atoms with Crippen LogP contribution in [-0.4, -0.2) is 49.9 Å². The third-order valence-corrected chi connectivity index (χ3v) is 3.32. The maximum absolute atomic E-state index is 11.8. The summed E-state index contributed by atoms with van der Waals surface area (Å²) in [4.78, 5) is 24.7. The average molecular weight is 241 g/mol. The summed E-state index contributed by atoms with van der Waals surface area (Å²) in [6.45, 7) is 3.12. The van der Waals surface area contributed by atoms with Gasteiger partial charge in [-0.3, -0.25) is 9.59 Å². The number of nitrogens with zero attached hydrogens (tertiary/aromatic N) is 1. The number of carbonyl (C=O) groups excluding carboxylic acids is 2. The number of piperidine rings is 1. The first-order chi connectivity index (χ1) is 8.04. The fourth-order valence-electron chi connectivity index (χ4n) is 2.01. The Bertz CT molecular complexity index is 279. The molecule has 0 spiro atoms. The molecule has 5 nitrogen and oxygen atoms in total. The zero-order valence-corrected chi connectivity index (χ0v) is 11.0. The van der Waals surface area contributed by atoms with E-state index in [0.29, 0.717) is 5.92 Å². The summed E-state index contributed by atoms with van der Waals surface area (Å²) in [5.41, 5.74) is 0. The SMILES string of the molecule is CCC1CCNC(C(=O)NCC(=O)N(C)C)C1. The lowest BCUT2D eigenvalue weighted by Gasteiger charge is -2.28. The Labute approximate surface area is 103 Å². The maximum atomic E-state index is 11.8. The zero-order chi connectivity index (χ0) is 12.8. The van der Waals surface area contributed by atoms with Crippen LogP contribution in [0, 0.1) is 5.92 Å². The number of carbonyl (C=O) groups is 2. The molecule has 0 aliphatic carbocycles. The molecule has 1 saturated heterocycles. The fourth-order valence-corrected chi connectivity index (χ4v) is 2.01. The lowest BCUT2D eigenvalue weighted by atomic mass is 9.90. The van der Waals surface area contributed by atoms with Gasteiger partial charge in [-0.1, -0.05) is 13.3 Å². The van der Waals surface area contributed by atoms with E-state index >= 15 is 0 Å². The van der Waals surface area contributed by atoms with E-state index in [-0.39, 0.29) is 24.4 Å². The maximum Gasteiger partial charge on any atom is 0.241 e. The van der Waals surface area contributed by atoms with Crippen molar-refractivity contribution in [2.24, 2.45) is 5.92 Å². The third kappa shape index (κ3) is 4.34. The van der Waals surface area contributed by atoms with Gasteiger partial charge in [-0.25, -0.2) is 0 Å². The van der Waals surface area contributed by atoms with Gasteiger partial charge in [0.1, 0.15) is 0 Å². The van der Waals surface area contributed by atoms with Crippen LogP contribution in [0.5, 0.6) is 0 Å². The van der Waals surface area contributed by atoms with Gasteiger partial charge >= 0.3 is 0 Å². The van der Waals surface area contributed by atoms with E-state index in [4.69, 9.17) is 0 Å². The summed E-state index contributed by atoms with van der Waals surface area (Å²) in [7, 11) is 3.36. The predicted octanol–water partition coefficient (Wildman–Crippen LogP) is -0.0310. The summed E-state index contributed by atoms with van der Waals surface area (Å²) in [6.07, 6.45) is 3.12. The Balaban J connectivity index is 2.34. The summed E-state index contributed by atoms with van der Waals surface area (Å²) in [5, 5.41) is 5.88. The number of hydrogen-bond acceptors (Lipinski definition) is 3. The number of hydrogen-bond donors (Lipinski definition) is 2. The number of nitrogens with one attached hydrogen (secondary N) is 2. The van der Waals surface area contributed by atoms with Crippen molar-refractivity contribution >= 4 is 11.8 Å². The second-order valence-corrected chi connectivity index (χ2v) is 4.81. The molecular weight excluding hydrogens is 218 g/mol. The van der Waals surface area contributed by atoms with E-state index < -0.39 is 0 Å². The molecule has 17 heavy (non-hydrogen) atoms. The normalized spacial score (nSPS) is 24.2. The molecule has 2 unspecified atom stereocenters. The van der Waals surface area contributed by atoms with Crippen molar-refractivity contribution in [1.82, 2.24) is 15.5 Å². The van der Waals surface area contributed by atoms with Crippen LogP contribution in [0.25, 0.3) is 0 Å². The molecule has 1 aliphatic heterocycles. The monoisotopic (exact) mass is 241 g/mol. The molecule has 5 heteroatoms. The van der Waals surface area contributed by atoms with Crippen LogP contribution in [0.3, 0.4) is 0 Å². The van der Waals surface area contributed by atoms with Gasteiger partial charge in [0.2, 0.25) is 11.8 Å². The molecule has 2 N–H and O–H groups in total. The Morgan fingerprint density at radius 1 is 1.41 bits per heavy atom.